The minimum Gasteiger partial charge on any atom is -0.377 e. The molecular weight excluding hydrogens is 245 g/mol. The van der Waals surface area contributed by atoms with E-state index in [-0.39, 0.29) is 9.96 Å². The summed E-state index contributed by atoms with van der Waals surface area (Å²) in [5.74, 6) is 0.141. The van der Waals surface area contributed by atoms with Gasteiger partial charge in [-0.1, -0.05) is 22.6 Å². The molecule has 10 heavy (non-hydrogen) atoms. The van der Waals surface area contributed by atoms with Crippen molar-refractivity contribution in [2.75, 3.05) is 19.8 Å². The molecule has 0 spiro atoms. The first-order valence-corrected chi connectivity index (χ1v) is 4.45. The van der Waals surface area contributed by atoms with Crippen LogP contribution in [0.25, 0.3) is 0 Å². The second-order valence-corrected chi connectivity index (χ2v) is 3.66. The van der Waals surface area contributed by atoms with Crippen molar-refractivity contribution in [1.29, 1.82) is 0 Å². The highest BCUT2D eigenvalue weighted by Gasteiger charge is 2.21. The number of ether oxygens (including phenoxy) is 1. The Balaban J connectivity index is 2.47. The smallest absolute Gasteiger partial charge is 0.220 e. The summed E-state index contributed by atoms with van der Waals surface area (Å²) in [7, 11) is 0. The maximum atomic E-state index is 10.9. The molecule has 1 saturated heterocycles. The normalized spacial score (nSPS) is 26.6. The van der Waals surface area contributed by atoms with E-state index in [2.05, 4.69) is 22.6 Å². The molecule has 1 amide bonds. The van der Waals surface area contributed by atoms with Gasteiger partial charge >= 0.3 is 0 Å². The third kappa shape index (κ3) is 1.82. The Morgan fingerprint density at radius 2 is 2.50 bits per heavy atom. The standard InChI is InChI=1S/C6H10INO2/c1-5(9)8-2-3-10-4-6(8)7/h6H,2-4H2,1H3. The summed E-state index contributed by atoms with van der Waals surface area (Å²) in [4.78, 5) is 12.7. The summed E-state index contributed by atoms with van der Waals surface area (Å²) in [5.41, 5.74) is 0. The molecule has 0 bridgehead atoms. The van der Waals surface area contributed by atoms with Crippen LogP contribution in [0.15, 0.2) is 0 Å². The van der Waals surface area contributed by atoms with Crippen LogP contribution in [-0.4, -0.2) is 34.6 Å². The molecule has 0 aromatic carbocycles. The highest BCUT2D eigenvalue weighted by molar-refractivity contribution is 14.1. The van der Waals surface area contributed by atoms with Gasteiger partial charge in [-0.15, -0.1) is 0 Å². The van der Waals surface area contributed by atoms with Gasteiger partial charge in [0.1, 0.15) is 4.05 Å². The lowest BCUT2D eigenvalue weighted by Crippen LogP contribution is -2.44. The van der Waals surface area contributed by atoms with Crippen LogP contribution in [0, 0.1) is 0 Å². The van der Waals surface area contributed by atoms with Crippen molar-refractivity contribution in [3.63, 3.8) is 0 Å². The molecule has 1 rings (SSSR count). The van der Waals surface area contributed by atoms with E-state index in [0.717, 1.165) is 6.54 Å². The zero-order valence-corrected chi connectivity index (χ0v) is 8.00. The number of nitrogens with zero attached hydrogens (tertiary/aromatic N) is 1. The van der Waals surface area contributed by atoms with Crippen LogP contribution in [0.4, 0.5) is 0 Å². The fourth-order valence-corrected chi connectivity index (χ4v) is 1.85. The molecule has 58 valence electrons. The van der Waals surface area contributed by atoms with Gasteiger partial charge in [0, 0.05) is 13.5 Å². The third-order valence-electron chi connectivity index (χ3n) is 1.47. The Bertz CT molecular complexity index is 140. The van der Waals surface area contributed by atoms with Crippen LogP contribution in [0.1, 0.15) is 6.92 Å². The topological polar surface area (TPSA) is 29.5 Å². The SMILES string of the molecule is CC(=O)N1CCOCC1I. The van der Waals surface area contributed by atoms with Crippen LogP contribution in [0.5, 0.6) is 0 Å². The fraction of sp³-hybridized carbons (Fsp3) is 0.833. The maximum absolute atomic E-state index is 10.9. The van der Waals surface area contributed by atoms with Gasteiger partial charge in [0.25, 0.3) is 0 Å². The largest absolute Gasteiger partial charge is 0.377 e. The zero-order chi connectivity index (χ0) is 7.56. The Hall–Kier alpha value is 0.160. The van der Waals surface area contributed by atoms with Crippen molar-refractivity contribution in [2.45, 2.75) is 11.0 Å². The van der Waals surface area contributed by atoms with Crippen molar-refractivity contribution in [3.8, 4) is 0 Å². The molecular formula is C6H10INO2. The summed E-state index contributed by atoms with van der Waals surface area (Å²) >= 11 is 2.21. The summed E-state index contributed by atoms with van der Waals surface area (Å²) in [6, 6.07) is 0. The Morgan fingerprint density at radius 1 is 1.80 bits per heavy atom. The molecule has 1 unspecified atom stereocenters. The highest BCUT2D eigenvalue weighted by Crippen LogP contribution is 2.12. The fourth-order valence-electron chi connectivity index (χ4n) is 0.928. The van der Waals surface area contributed by atoms with E-state index in [0.29, 0.717) is 13.2 Å². The number of amides is 1. The lowest BCUT2D eigenvalue weighted by atomic mass is 10.4. The van der Waals surface area contributed by atoms with Crippen molar-refractivity contribution < 1.29 is 9.53 Å². The number of halogens is 1. The van der Waals surface area contributed by atoms with Crippen molar-refractivity contribution >= 4 is 28.5 Å². The number of carbonyl (C=O) groups is 1. The molecule has 0 N–H and O–H groups in total. The van der Waals surface area contributed by atoms with Crippen molar-refractivity contribution in [2.24, 2.45) is 0 Å². The molecule has 0 radical (unpaired) electrons. The van der Waals surface area contributed by atoms with Gasteiger partial charge in [-0.25, -0.2) is 0 Å². The molecule has 1 heterocycles. The van der Waals surface area contributed by atoms with Crippen LogP contribution in [0.3, 0.4) is 0 Å². The van der Waals surface area contributed by atoms with E-state index >= 15 is 0 Å². The average Bonchev–Trinajstić information content (AvgIpc) is 1.88. The van der Waals surface area contributed by atoms with E-state index in [4.69, 9.17) is 4.74 Å². The first-order valence-electron chi connectivity index (χ1n) is 3.21. The van der Waals surface area contributed by atoms with Gasteiger partial charge in [0.05, 0.1) is 13.2 Å². The summed E-state index contributed by atoms with van der Waals surface area (Å²) in [5, 5.41) is 0. The quantitative estimate of drug-likeness (QED) is 0.361. The number of morpholine rings is 1. The lowest BCUT2D eigenvalue weighted by Gasteiger charge is -2.30. The minimum absolute atomic E-state index is 0.141. The third-order valence-corrected chi connectivity index (χ3v) is 2.51. The Morgan fingerprint density at radius 3 is 2.90 bits per heavy atom. The predicted molar refractivity (Wildman–Crippen MR) is 46.0 cm³/mol. The van der Waals surface area contributed by atoms with Crippen molar-refractivity contribution in [1.82, 2.24) is 4.90 Å². The highest BCUT2D eigenvalue weighted by atomic mass is 127. The van der Waals surface area contributed by atoms with E-state index in [1.54, 1.807) is 6.92 Å². The summed E-state index contributed by atoms with van der Waals surface area (Å²) in [6.07, 6.45) is 0. The number of hydrogen-bond donors (Lipinski definition) is 0. The van der Waals surface area contributed by atoms with Gasteiger partial charge in [-0.2, -0.15) is 0 Å². The second-order valence-electron chi connectivity index (χ2n) is 2.22. The number of carbonyl (C=O) groups excluding carboxylic acids is 1. The molecule has 0 aliphatic carbocycles. The van der Waals surface area contributed by atoms with Crippen LogP contribution >= 0.6 is 22.6 Å². The molecule has 0 saturated carbocycles. The van der Waals surface area contributed by atoms with Gasteiger partial charge in [-0.3, -0.25) is 4.79 Å². The minimum atomic E-state index is 0.141. The first-order chi connectivity index (χ1) is 4.72. The van der Waals surface area contributed by atoms with Gasteiger partial charge in [-0.05, 0) is 0 Å². The van der Waals surface area contributed by atoms with E-state index in [9.17, 15) is 4.79 Å². The first kappa shape index (κ1) is 8.26. The Kier molecular flexibility index (Phi) is 2.91. The summed E-state index contributed by atoms with van der Waals surface area (Å²) < 4.78 is 5.39. The van der Waals surface area contributed by atoms with E-state index in [1.807, 2.05) is 4.90 Å². The predicted octanol–water partition coefficient (Wildman–Crippen LogP) is 0.626. The van der Waals surface area contributed by atoms with Crippen molar-refractivity contribution in [3.05, 3.63) is 0 Å². The molecule has 1 fully saturated rings. The van der Waals surface area contributed by atoms with Gasteiger partial charge in [0.15, 0.2) is 0 Å². The molecule has 1 aliphatic heterocycles. The van der Waals surface area contributed by atoms with Crippen LogP contribution in [-0.2, 0) is 9.53 Å². The molecule has 0 aromatic rings. The molecule has 0 aromatic heterocycles. The van der Waals surface area contributed by atoms with E-state index in [1.165, 1.54) is 0 Å². The van der Waals surface area contributed by atoms with E-state index < -0.39 is 0 Å². The molecule has 1 aliphatic rings. The number of hydrogen-bond acceptors (Lipinski definition) is 2. The van der Waals surface area contributed by atoms with Crippen LogP contribution in [0.2, 0.25) is 0 Å². The van der Waals surface area contributed by atoms with Crippen LogP contribution < -0.4 is 0 Å². The molecule has 4 heteroatoms. The van der Waals surface area contributed by atoms with Gasteiger partial charge in [0.2, 0.25) is 5.91 Å². The lowest BCUT2D eigenvalue weighted by molar-refractivity contribution is -0.133. The number of alkyl halides is 1. The van der Waals surface area contributed by atoms with Gasteiger partial charge < -0.3 is 9.64 Å². The second kappa shape index (κ2) is 3.52. The zero-order valence-electron chi connectivity index (χ0n) is 5.84. The summed E-state index contributed by atoms with van der Waals surface area (Å²) in [6.45, 7) is 3.68. The molecule has 1 atom stereocenters. The number of rotatable bonds is 0. The average molecular weight is 255 g/mol. The monoisotopic (exact) mass is 255 g/mol. The molecule has 3 nitrogen and oxygen atoms in total. The Labute approximate surface area is 73.9 Å². The maximum Gasteiger partial charge on any atom is 0.220 e.